The molecule has 2 fully saturated rings. The number of rotatable bonds is 12. The number of piperazine rings is 2. The maximum Gasteiger partial charge on any atom is 0.390 e. The molecule has 5 heterocycles. The fraction of sp³-hybridized carbons (Fsp3) is 0.207. The number of aromatic nitrogens is 6. The molecule has 3 aromatic heterocycles. The van der Waals surface area contributed by atoms with Gasteiger partial charge in [0.15, 0.2) is 17.3 Å². The van der Waals surface area contributed by atoms with Crippen LogP contribution >= 0.6 is 0 Å². The third-order valence-corrected chi connectivity index (χ3v) is 20.4. The first kappa shape index (κ1) is 70.5. The molecule has 6 N–H and O–H groups in total. The molecule has 2 aliphatic heterocycles. The maximum absolute atomic E-state index is 13.8. The van der Waals surface area contributed by atoms with E-state index in [4.69, 9.17) is 17.2 Å². The van der Waals surface area contributed by atoms with E-state index in [2.05, 4.69) is 88.8 Å². The number of carbonyl (C=O) groups excluding carboxylic acids is 3. The van der Waals surface area contributed by atoms with Gasteiger partial charge in [-0.05, 0) is 96.5 Å². The van der Waals surface area contributed by atoms with Crippen molar-refractivity contribution in [3.05, 3.63) is 256 Å². The van der Waals surface area contributed by atoms with Crippen molar-refractivity contribution in [1.29, 1.82) is 0 Å². The van der Waals surface area contributed by atoms with E-state index in [9.17, 15) is 31.9 Å². The predicted molar refractivity (Wildman–Crippen MR) is 416 cm³/mol. The molecule has 12 aromatic rings. The van der Waals surface area contributed by atoms with E-state index in [1.165, 1.54) is 17.8 Å². The summed E-state index contributed by atoms with van der Waals surface area (Å²) in [4.78, 5) is 76.5. The highest BCUT2D eigenvalue weighted by atomic mass is 19.4. The van der Waals surface area contributed by atoms with E-state index in [1.807, 2.05) is 165 Å². The normalized spacial score (nSPS) is 14.4. The molecule has 2 saturated heterocycles. The van der Waals surface area contributed by atoms with Crippen LogP contribution in [0.4, 0.5) is 46.8 Å². The molecule has 107 heavy (non-hydrogen) atoms. The number of hydrogen-bond donors (Lipinski definition) is 3. The summed E-state index contributed by atoms with van der Waals surface area (Å²) in [5.41, 5.74) is 40.4. The molecule has 0 amide bonds. The van der Waals surface area contributed by atoms with Crippen LogP contribution in [0.15, 0.2) is 200 Å². The summed E-state index contributed by atoms with van der Waals surface area (Å²) in [6.45, 7) is 18.5. The first-order chi connectivity index (χ1) is 51.6. The standard InChI is InChI=1S/C32H33N5O.C31H28F3N5O.C24H16FN3O/c1-20(2)19-36-15-17-37(18-16-36)24-13-11-22(12-14-24)25-5-4-6-26-27(25)30-28(31(26)38)29(34-32(33)35-30)23-9-7-21(3)8-10-23;1-19-5-7-21(8-6-19)27-26-28(37-30(35)36-27)25-23(3-2-4-24(25)29(26)40)20-9-11-22(12-10-20)39-17-15-38(16-18-39)14-13-31(32,33)34;1-13-8-10-14(11-9-13)21-20-22(28-24(26)27-21)19-17(6-3-7-18(19)23(20)29)15-4-2-5-16(25)12-15/h4-14,20H,15-19H2,1-3H3,(H2,33,34,35);2-12H,13-18H2,1H3,(H2,35,36,37);2-12H,1H3,(H2,26,27,28). The van der Waals surface area contributed by atoms with Crippen LogP contribution < -0.4 is 27.0 Å². The first-order valence-corrected chi connectivity index (χ1v) is 35.9. The van der Waals surface area contributed by atoms with Gasteiger partial charge in [0.05, 0.1) is 57.3 Å². The SMILES string of the molecule is Cc1ccc(-c2nc(N)nc3c2C(=O)c2cccc(-c4ccc(N5CCN(CC(C)C)CC5)cc4)c2-3)cc1.Cc1ccc(-c2nc(N)nc3c2C(=O)c2cccc(-c4ccc(N5CCN(CCC(F)(F)F)CC5)cc4)c2-3)cc1.Cc1ccc(-c2nc(N)nc3c2C(=O)c2cccc(-c4cccc(F)c4)c2-3)cc1. The Morgan fingerprint density at radius 1 is 0.364 bits per heavy atom. The van der Waals surface area contributed by atoms with Gasteiger partial charge < -0.3 is 27.0 Å². The minimum atomic E-state index is -4.13. The number of carbonyl (C=O) groups is 3. The van der Waals surface area contributed by atoms with Crippen molar-refractivity contribution in [2.45, 2.75) is 47.2 Å². The van der Waals surface area contributed by atoms with Crippen LogP contribution in [-0.4, -0.2) is 129 Å². The molecule has 536 valence electrons. The quantitative estimate of drug-likeness (QED) is 0.0968. The van der Waals surface area contributed by atoms with Gasteiger partial charge in [0.25, 0.3) is 0 Å². The minimum Gasteiger partial charge on any atom is -0.369 e. The summed E-state index contributed by atoms with van der Waals surface area (Å²) in [6, 6.07) is 63.6. The summed E-state index contributed by atoms with van der Waals surface area (Å²) in [5, 5.41) is 0. The largest absolute Gasteiger partial charge is 0.390 e. The van der Waals surface area contributed by atoms with E-state index in [0.29, 0.717) is 111 Å². The fourth-order valence-corrected chi connectivity index (χ4v) is 15.1. The highest BCUT2D eigenvalue weighted by Crippen LogP contribution is 2.49. The van der Waals surface area contributed by atoms with Crippen LogP contribution in [0.5, 0.6) is 0 Å². The van der Waals surface area contributed by atoms with Gasteiger partial charge in [-0.3, -0.25) is 24.2 Å². The van der Waals surface area contributed by atoms with Crippen molar-refractivity contribution in [2.24, 2.45) is 5.92 Å². The predicted octanol–water partition coefficient (Wildman–Crippen LogP) is 16.7. The first-order valence-electron chi connectivity index (χ1n) is 35.9. The van der Waals surface area contributed by atoms with E-state index in [0.717, 1.165) is 111 Å². The van der Waals surface area contributed by atoms with Crippen molar-refractivity contribution in [2.75, 3.05) is 92.4 Å². The molecule has 0 atom stereocenters. The smallest absolute Gasteiger partial charge is 0.369 e. The van der Waals surface area contributed by atoms with E-state index in [-0.39, 0.29) is 47.6 Å². The summed E-state index contributed by atoms with van der Waals surface area (Å²) in [5.74, 6) is 0.395. The molecule has 16 nitrogen and oxygen atoms in total. The number of aryl methyl sites for hydroxylation is 3. The molecule has 0 bridgehead atoms. The molecule has 20 heteroatoms. The number of alkyl halides is 3. The monoisotopic (exact) mass is 1430 g/mol. The summed E-state index contributed by atoms with van der Waals surface area (Å²) < 4.78 is 51.6. The van der Waals surface area contributed by atoms with Crippen LogP contribution in [0, 0.1) is 32.5 Å². The Morgan fingerprint density at radius 2 is 0.673 bits per heavy atom. The lowest BCUT2D eigenvalue weighted by Gasteiger charge is -2.36. The molecule has 0 radical (unpaired) electrons. The molecule has 0 unspecified atom stereocenters. The van der Waals surface area contributed by atoms with Gasteiger partial charge in [-0.25, -0.2) is 34.3 Å². The van der Waals surface area contributed by atoms with E-state index >= 15 is 0 Å². The molecule has 0 saturated carbocycles. The fourth-order valence-electron chi connectivity index (χ4n) is 15.1. The Kier molecular flexibility index (Phi) is 19.2. The Balaban J connectivity index is 0.000000130. The van der Waals surface area contributed by atoms with Crippen molar-refractivity contribution < 1.29 is 31.9 Å². The average molecular weight is 1430 g/mol. The zero-order valence-electron chi connectivity index (χ0n) is 59.8. The molecule has 0 spiro atoms. The summed E-state index contributed by atoms with van der Waals surface area (Å²) in [7, 11) is 0. The second-order valence-corrected chi connectivity index (χ2v) is 28.2. The Bertz CT molecular complexity index is 5440. The third-order valence-electron chi connectivity index (χ3n) is 20.4. The number of hydrogen-bond acceptors (Lipinski definition) is 16. The molecular formula is C87H77F4N13O3. The number of halogens is 4. The number of fused-ring (bicyclic) bond motifs is 9. The van der Waals surface area contributed by atoms with Crippen molar-refractivity contribution in [3.63, 3.8) is 0 Å². The van der Waals surface area contributed by atoms with Crippen LogP contribution in [0.25, 0.3) is 101 Å². The highest BCUT2D eigenvalue weighted by Gasteiger charge is 2.39. The van der Waals surface area contributed by atoms with Crippen LogP contribution in [-0.2, 0) is 0 Å². The number of anilines is 5. The van der Waals surface area contributed by atoms with Gasteiger partial charge in [0.1, 0.15) is 5.82 Å². The Hall–Kier alpha value is -12.1. The second kappa shape index (κ2) is 29.1. The average Bonchev–Trinajstić information content (AvgIpc) is 1.60. The van der Waals surface area contributed by atoms with Gasteiger partial charge in [-0.1, -0.05) is 194 Å². The van der Waals surface area contributed by atoms with Crippen molar-refractivity contribution in [1.82, 2.24) is 39.7 Å². The van der Waals surface area contributed by atoms with Crippen molar-refractivity contribution >= 4 is 46.6 Å². The van der Waals surface area contributed by atoms with Gasteiger partial charge in [0.2, 0.25) is 17.8 Å². The third kappa shape index (κ3) is 14.2. The van der Waals surface area contributed by atoms with E-state index < -0.39 is 12.6 Å². The summed E-state index contributed by atoms with van der Waals surface area (Å²) in [6.07, 6.45) is -4.91. The number of nitrogen functional groups attached to an aromatic ring is 3. The van der Waals surface area contributed by atoms with Crippen LogP contribution in [0.1, 0.15) is 84.7 Å². The van der Waals surface area contributed by atoms with E-state index in [1.54, 1.807) is 18.2 Å². The second-order valence-electron chi connectivity index (χ2n) is 28.2. The number of ketones is 3. The molecule has 9 aromatic carbocycles. The van der Waals surface area contributed by atoms with Gasteiger partial charge in [-0.2, -0.15) is 13.2 Å². The van der Waals surface area contributed by atoms with Gasteiger partial charge >= 0.3 is 6.18 Å². The van der Waals surface area contributed by atoms with Gasteiger partial charge in [-0.15, -0.1) is 0 Å². The lowest BCUT2D eigenvalue weighted by Crippen LogP contribution is -2.47. The number of nitrogens with two attached hydrogens (primary N) is 3. The maximum atomic E-state index is 13.8. The van der Waals surface area contributed by atoms with Crippen LogP contribution in [0.2, 0.25) is 0 Å². The Morgan fingerprint density at radius 3 is 1.01 bits per heavy atom. The summed E-state index contributed by atoms with van der Waals surface area (Å²) >= 11 is 0. The molecule has 17 rings (SSSR count). The van der Waals surface area contributed by atoms with Gasteiger partial charge in [0, 0.05) is 127 Å². The number of benzene rings is 9. The lowest BCUT2D eigenvalue weighted by atomic mass is 9.96. The number of nitrogens with zero attached hydrogens (tertiary/aromatic N) is 10. The minimum absolute atomic E-state index is 0.0370. The highest BCUT2D eigenvalue weighted by molar-refractivity contribution is 6.27. The van der Waals surface area contributed by atoms with Crippen LogP contribution in [0.3, 0.4) is 0 Å². The topological polar surface area (TPSA) is 220 Å². The molecular weight excluding hydrogens is 1350 g/mol. The molecule has 3 aliphatic carbocycles. The zero-order valence-corrected chi connectivity index (χ0v) is 59.8. The molecule has 5 aliphatic rings. The zero-order chi connectivity index (χ0) is 74.5. The van der Waals surface area contributed by atoms with Crippen molar-refractivity contribution in [3.8, 4) is 101 Å². The lowest BCUT2D eigenvalue weighted by molar-refractivity contribution is -0.138. The Labute approximate surface area is 617 Å².